The minimum atomic E-state index is -4.82. The number of furan rings is 1. The monoisotopic (exact) mass is 2150 g/mol. The fourth-order valence-electron chi connectivity index (χ4n) is 11.7. The minimum Gasteiger partial charge on any atom is -0.496 e. The maximum absolute atomic E-state index is 13.5. The number of nitrogens with zero attached hydrogens (tertiary/aromatic N) is 12. The summed E-state index contributed by atoms with van der Waals surface area (Å²) in [6.07, 6.45) is -19.9. The average Bonchev–Trinajstić information content (AvgIpc) is 1.65. The van der Waals surface area contributed by atoms with Crippen molar-refractivity contribution >= 4 is 105 Å². The van der Waals surface area contributed by atoms with Gasteiger partial charge in [-0.1, -0.05) is 54.6 Å². The molecule has 0 bridgehead atoms. The van der Waals surface area contributed by atoms with Crippen LogP contribution in [0, 0.1) is 0 Å². The second-order valence-electron chi connectivity index (χ2n) is 33.8. The van der Waals surface area contributed by atoms with Gasteiger partial charge in [0.15, 0.2) is 34.2 Å². The lowest BCUT2D eigenvalue weighted by molar-refractivity contribution is -0.142. The van der Waals surface area contributed by atoms with Gasteiger partial charge in [-0.05, 0) is 120 Å². The Balaban J connectivity index is 0.000000232. The van der Waals surface area contributed by atoms with Gasteiger partial charge in [0.2, 0.25) is 44.2 Å². The lowest BCUT2D eigenvalue weighted by Crippen LogP contribution is -2.46. The molecule has 9 aromatic heterocycles. The van der Waals surface area contributed by atoms with Crippen molar-refractivity contribution in [3.8, 4) is 49.2 Å². The number of carbonyl (C=O) groups is 10. The standard InChI is InChI=1S/C25H29F3N6O5S.C20H21F3N6O3S.C20H22F3N5O4S.C17H20F3N5O5S.C8H11NO/c1-14(31-23(37)39-24(2,3)4)20(35)30-12-16-13-40-22(32-16)34-17(10-19(33-34)25(26,27)28)21(36)29-11-15-8-6-7-9-18(15)38-5;1-11(24)17(30)26-9-13-10-33-19(27-13)29-14(7-16(28-29)20(21,22)23)18(31)25-8-12-5-3-4-6-15(12)32-2;1-11(25-18(30)32-19(2,3)4)16(29)24-9-12-10-33-17(26-12)28-13(14-6-5-7-31-14)8-15(27-28)20(21,22)23;1-8(22-15(29)30-16(2,3)4)12(26)21-6-9-7-31-14(23-9)25-10(13(27)28)5-11(24-25)17(18,19)20;1-10-8-5-3-2-4-7(8)6-9/h6-10,13-14H,11-12H2,1-5H3,(H,29,36)(H,30,35)(H,31,37);3-7,10-11H,8-9,24H2,1-2H3,(H,25,31)(H,26,30);5-8,10-11H,9H2,1-4H3,(H,24,29)(H,25,30);5,7-8H,6H2,1-4H3,(H,21,26)(H,22,29)(H,27,28);2-5H,6,9H2,1H3/t14-;2*11-;8-;/m1000./s1. The van der Waals surface area contributed by atoms with Crippen LogP contribution in [-0.4, -0.2) is 186 Å². The molecule has 9 heterocycles. The number of alkyl halides is 12. The highest BCUT2D eigenvalue weighted by molar-refractivity contribution is 7.13. The van der Waals surface area contributed by atoms with E-state index in [0.717, 1.165) is 76.8 Å². The molecule has 0 saturated heterocycles. The molecule has 41 nitrogen and oxygen atoms in total. The van der Waals surface area contributed by atoms with E-state index in [-0.39, 0.29) is 88.3 Å². The normalized spacial score (nSPS) is 12.4. The molecule has 12 rings (SSSR count). The summed E-state index contributed by atoms with van der Waals surface area (Å²) in [5.41, 5.74) is 6.18. The Morgan fingerprint density at radius 2 is 0.673 bits per heavy atom. The molecule has 57 heteroatoms. The molecule has 9 amide bonds. The smallest absolute Gasteiger partial charge is 0.435 e. The van der Waals surface area contributed by atoms with E-state index in [1.807, 2.05) is 24.3 Å². The second-order valence-corrected chi connectivity index (χ2v) is 37.2. The fourth-order valence-corrected chi connectivity index (χ4v) is 14.9. The summed E-state index contributed by atoms with van der Waals surface area (Å²) in [6.45, 7) is 21.5. The van der Waals surface area contributed by atoms with Crippen molar-refractivity contribution in [3.05, 3.63) is 216 Å². The van der Waals surface area contributed by atoms with Crippen molar-refractivity contribution in [2.45, 2.75) is 201 Å². The van der Waals surface area contributed by atoms with Crippen molar-refractivity contribution in [2.24, 2.45) is 11.5 Å². The molecular weight excluding hydrogens is 2050 g/mol. The van der Waals surface area contributed by atoms with E-state index in [1.165, 1.54) is 65.0 Å². The molecule has 147 heavy (non-hydrogen) atoms. The first-order valence-electron chi connectivity index (χ1n) is 43.4. The zero-order chi connectivity index (χ0) is 109. The molecule has 794 valence electrons. The Morgan fingerprint density at radius 3 is 0.959 bits per heavy atom. The topological polar surface area (TPSA) is 543 Å². The SMILES string of the molecule is COc1ccccc1CN.COc1ccccc1CNC(=O)c1cc(C(F)(F)F)nn1-c1nc(CNC(=O)[C@@H](C)NC(=O)OC(C)(C)C)cs1.COc1ccccc1CNC(=O)c1cc(C(F)(F)F)nn1-c1nc(CNC(=O)[C@H](C)N)cs1.C[C@H](NC(=O)OC(C)(C)C)C(=O)NCc1csc(-n2nc(C(F)(F)F)cc2-c2ccco2)n1.C[C@H](NC(=O)OC(C)(C)C)C(=O)NCc1csc(-n2nc(C(F)(F)F)cc2C(=O)O)n1. The van der Waals surface area contributed by atoms with Crippen LogP contribution >= 0.6 is 45.3 Å². The Labute approximate surface area is 846 Å². The molecule has 0 aliphatic rings. The van der Waals surface area contributed by atoms with Crippen LogP contribution < -0.4 is 73.5 Å². The van der Waals surface area contributed by atoms with Gasteiger partial charge in [-0.15, -0.1) is 45.3 Å². The molecule has 0 aliphatic heterocycles. The maximum atomic E-state index is 13.5. The van der Waals surface area contributed by atoms with E-state index in [4.69, 9.17) is 49.4 Å². The summed E-state index contributed by atoms with van der Waals surface area (Å²) >= 11 is 3.82. The van der Waals surface area contributed by atoms with E-state index >= 15 is 0 Å². The summed E-state index contributed by atoms with van der Waals surface area (Å²) in [5, 5.41) is 51.9. The van der Waals surface area contributed by atoms with Gasteiger partial charge in [-0.25, -0.2) is 43.8 Å². The van der Waals surface area contributed by atoms with E-state index in [9.17, 15) is 101 Å². The van der Waals surface area contributed by atoms with Crippen LogP contribution in [0.4, 0.5) is 67.1 Å². The third kappa shape index (κ3) is 36.0. The highest BCUT2D eigenvalue weighted by atomic mass is 32.1. The Bertz CT molecular complexity index is 6480. The zero-order valence-corrected chi connectivity index (χ0v) is 84.4. The highest BCUT2D eigenvalue weighted by Crippen LogP contribution is 2.37. The van der Waals surface area contributed by atoms with Gasteiger partial charge in [0, 0.05) is 82.1 Å². The number of carboxylic acids is 1. The van der Waals surface area contributed by atoms with Gasteiger partial charge in [-0.2, -0.15) is 87.1 Å². The number of para-hydroxylation sites is 3. The number of hydrogen-bond donors (Lipinski definition) is 12. The predicted molar refractivity (Wildman–Crippen MR) is 508 cm³/mol. The highest BCUT2D eigenvalue weighted by Gasteiger charge is 2.41. The molecule has 0 radical (unpaired) electrons. The van der Waals surface area contributed by atoms with Crippen LogP contribution in [0.3, 0.4) is 0 Å². The average molecular weight is 2150 g/mol. The Kier molecular flexibility index (Phi) is 40.7. The number of aromatic nitrogens is 12. The largest absolute Gasteiger partial charge is 0.496 e. The van der Waals surface area contributed by atoms with E-state index in [1.54, 1.807) is 135 Å². The number of hydrogen-bond acceptors (Lipinski definition) is 31. The van der Waals surface area contributed by atoms with Crippen LogP contribution in [0.1, 0.15) is 184 Å². The summed E-state index contributed by atoms with van der Waals surface area (Å²) < 4.78 is 198. The van der Waals surface area contributed by atoms with Crippen LogP contribution in [0.25, 0.3) is 32.0 Å². The fraction of sp³-hybridized carbons (Fsp3) is 0.378. The van der Waals surface area contributed by atoms with Crippen LogP contribution in [-0.2, 0) is 104 Å². The number of amides is 9. The number of thiazole rings is 4. The lowest BCUT2D eigenvalue weighted by Gasteiger charge is -2.21. The van der Waals surface area contributed by atoms with Crippen molar-refractivity contribution in [2.75, 3.05) is 21.3 Å². The van der Waals surface area contributed by atoms with Crippen molar-refractivity contribution in [3.63, 3.8) is 0 Å². The van der Waals surface area contributed by atoms with Gasteiger partial charge >= 0.3 is 49.0 Å². The number of halogens is 12. The molecule has 14 N–H and O–H groups in total. The number of carbonyl (C=O) groups excluding carboxylic acids is 9. The summed E-state index contributed by atoms with van der Waals surface area (Å²) in [6, 6.07) is 23.8. The lowest BCUT2D eigenvalue weighted by atomic mass is 10.2. The third-order valence-corrected chi connectivity index (χ3v) is 22.0. The number of methoxy groups -OCH3 is 3. The molecule has 0 aliphatic carbocycles. The summed E-state index contributed by atoms with van der Waals surface area (Å²) in [4.78, 5) is 137. The van der Waals surface area contributed by atoms with Gasteiger partial charge in [0.1, 0.15) is 69.3 Å². The number of aromatic carboxylic acids is 1. The third-order valence-electron chi connectivity index (χ3n) is 18.6. The van der Waals surface area contributed by atoms with Crippen LogP contribution in [0.5, 0.6) is 17.2 Å². The molecule has 12 aromatic rings. The van der Waals surface area contributed by atoms with E-state index in [2.05, 4.69) is 88.2 Å². The number of rotatable bonds is 31. The molecule has 0 unspecified atom stereocenters. The van der Waals surface area contributed by atoms with Gasteiger partial charge < -0.3 is 97.3 Å². The number of nitrogens with one attached hydrogen (secondary N) is 9. The van der Waals surface area contributed by atoms with Crippen molar-refractivity contribution in [1.29, 1.82) is 0 Å². The number of alkyl carbamates (subject to hydrolysis) is 3. The van der Waals surface area contributed by atoms with Gasteiger partial charge in [0.25, 0.3) is 11.8 Å². The number of ether oxygens (including phenoxy) is 6. The first kappa shape index (κ1) is 117. The molecule has 0 saturated carbocycles. The number of benzene rings is 3. The molecule has 0 spiro atoms. The summed E-state index contributed by atoms with van der Waals surface area (Å²) in [5.74, 6) is -3.04. The number of nitrogens with two attached hydrogens (primary N) is 2. The Hall–Kier alpha value is -15.1. The minimum absolute atomic E-state index is 0.0000434. The molecule has 4 atom stereocenters. The van der Waals surface area contributed by atoms with Gasteiger partial charge in [0.05, 0.1) is 82.6 Å². The molecule has 0 fully saturated rings. The quantitative estimate of drug-likeness (QED) is 0.0142. The van der Waals surface area contributed by atoms with Crippen LogP contribution in [0.2, 0.25) is 0 Å². The van der Waals surface area contributed by atoms with Crippen molar-refractivity contribution in [1.82, 2.24) is 107 Å². The molecule has 3 aromatic carbocycles. The van der Waals surface area contributed by atoms with E-state index < -0.39 is 154 Å². The second kappa shape index (κ2) is 51.1. The zero-order valence-electron chi connectivity index (χ0n) is 81.1. The summed E-state index contributed by atoms with van der Waals surface area (Å²) in [7, 11) is 4.59. The van der Waals surface area contributed by atoms with Crippen molar-refractivity contribution < 1.29 is 139 Å². The predicted octanol–water partition coefficient (Wildman–Crippen LogP) is 13.9. The first-order chi connectivity index (χ1) is 68.7. The van der Waals surface area contributed by atoms with E-state index in [0.29, 0.717) is 69.1 Å². The Morgan fingerprint density at radius 1 is 0.388 bits per heavy atom. The number of carboxylic acid groups (broad SMARTS) is 1. The first-order valence-corrected chi connectivity index (χ1v) is 46.9. The maximum Gasteiger partial charge on any atom is 0.435 e. The van der Waals surface area contributed by atoms with Crippen LogP contribution in [0.15, 0.2) is 141 Å². The molecular formula is C90H103F12N23O18S4. The van der Waals surface area contributed by atoms with Gasteiger partial charge in [-0.3, -0.25) is 28.8 Å².